The van der Waals surface area contributed by atoms with Crippen molar-refractivity contribution in [2.24, 2.45) is 0 Å². The summed E-state index contributed by atoms with van der Waals surface area (Å²) in [5.74, 6) is 0. The van der Waals surface area contributed by atoms with E-state index >= 15 is 0 Å². The number of likely N-dealkylation sites (N-methyl/N-ethyl adjacent to an activating group) is 1. The van der Waals surface area contributed by atoms with E-state index < -0.39 is 0 Å². The van der Waals surface area contributed by atoms with Crippen LogP contribution in [-0.4, -0.2) is 25.2 Å². The molecule has 1 N–H and O–H groups in total. The van der Waals surface area contributed by atoms with Crippen molar-refractivity contribution in [2.75, 3.05) is 18.5 Å². The molecule has 1 fully saturated rings. The smallest absolute Gasteiger partial charge is 0.0499 e. The third-order valence-corrected chi connectivity index (χ3v) is 4.48. The molecular weight excluding hydrogens is 232 g/mol. The molecule has 94 valence electrons. The van der Waals surface area contributed by atoms with E-state index in [0.717, 1.165) is 11.6 Å². The predicted molar refractivity (Wildman–Crippen MR) is 75.1 cm³/mol. The third-order valence-electron chi connectivity index (χ3n) is 4.07. The molecule has 1 aromatic rings. The highest BCUT2D eigenvalue weighted by atomic mass is 35.5. The molecule has 1 aromatic carbocycles. The summed E-state index contributed by atoms with van der Waals surface area (Å²) in [5, 5.41) is 4.27. The molecule has 3 heteroatoms. The van der Waals surface area contributed by atoms with Gasteiger partial charge in [0.15, 0.2) is 0 Å². The fourth-order valence-corrected chi connectivity index (χ4v) is 3.07. The minimum absolute atomic E-state index is 0.129. The van der Waals surface area contributed by atoms with Crippen LogP contribution in [0.1, 0.15) is 25.8 Å². The van der Waals surface area contributed by atoms with Crippen molar-refractivity contribution in [2.45, 2.75) is 38.8 Å². The second kappa shape index (κ2) is 4.51. The minimum atomic E-state index is 0.129. The largest absolute Gasteiger partial charge is 0.365 e. The number of benzene rings is 1. The standard InChI is InChI=1S/C14H21ClN2/c1-10-11(15)6-5-7-12(10)17-9-8-13(16-4)14(17,2)3/h5-7,13,16H,8-9H2,1-4H3. The lowest BCUT2D eigenvalue weighted by molar-refractivity contribution is 0.402. The molecular formula is C14H21ClN2. The number of hydrogen-bond donors (Lipinski definition) is 1. The lowest BCUT2D eigenvalue weighted by atomic mass is 9.95. The van der Waals surface area contributed by atoms with Gasteiger partial charge in [-0.1, -0.05) is 17.7 Å². The lowest BCUT2D eigenvalue weighted by Crippen LogP contribution is -2.50. The maximum Gasteiger partial charge on any atom is 0.0499 e. The molecule has 1 saturated heterocycles. The molecule has 2 nitrogen and oxygen atoms in total. The zero-order valence-electron chi connectivity index (χ0n) is 11.0. The zero-order chi connectivity index (χ0) is 12.6. The molecule has 1 heterocycles. The van der Waals surface area contributed by atoms with Gasteiger partial charge >= 0.3 is 0 Å². The van der Waals surface area contributed by atoms with Gasteiger partial charge in [-0.15, -0.1) is 0 Å². The summed E-state index contributed by atoms with van der Waals surface area (Å²) >= 11 is 6.21. The first kappa shape index (κ1) is 12.7. The monoisotopic (exact) mass is 252 g/mol. The lowest BCUT2D eigenvalue weighted by Gasteiger charge is -2.38. The fourth-order valence-electron chi connectivity index (χ4n) is 2.90. The Bertz CT molecular complexity index is 415. The van der Waals surface area contributed by atoms with Crippen LogP contribution in [0.2, 0.25) is 5.02 Å². The summed E-state index contributed by atoms with van der Waals surface area (Å²) in [6.45, 7) is 7.77. The summed E-state index contributed by atoms with van der Waals surface area (Å²) in [5.41, 5.74) is 2.57. The van der Waals surface area contributed by atoms with Gasteiger partial charge in [0, 0.05) is 28.8 Å². The van der Waals surface area contributed by atoms with Crippen molar-refractivity contribution < 1.29 is 0 Å². The van der Waals surface area contributed by atoms with E-state index in [0.29, 0.717) is 6.04 Å². The van der Waals surface area contributed by atoms with E-state index in [1.54, 1.807) is 0 Å². The van der Waals surface area contributed by atoms with Crippen molar-refractivity contribution in [3.8, 4) is 0 Å². The van der Waals surface area contributed by atoms with Crippen molar-refractivity contribution in [3.05, 3.63) is 28.8 Å². The van der Waals surface area contributed by atoms with Gasteiger partial charge in [0.1, 0.15) is 0 Å². The Labute approximate surface area is 109 Å². The summed E-state index contributed by atoms with van der Waals surface area (Å²) in [6, 6.07) is 6.69. The third kappa shape index (κ3) is 2.04. The van der Waals surface area contributed by atoms with Crippen molar-refractivity contribution in [1.82, 2.24) is 5.32 Å². The highest BCUT2D eigenvalue weighted by Crippen LogP contribution is 2.37. The summed E-state index contributed by atoms with van der Waals surface area (Å²) < 4.78 is 0. The molecule has 0 aliphatic carbocycles. The maximum absolute atomic E-state index is 6.21. The second-order valence-electron chi connectivity index (χ2n) is 5.32. The van der Waals surface area contributed by atoms with Gasteiger partial charge in [-0.3, -0.25) is 0 Å². The Balaban J connectivity index is 2.38. The molecule has 0 spiro atoms. The number of nitrogens with one attached hydrogen (secondary N) is 1. The first-order valence-electron chi connectivity index (χ1n) is 6.18. The van der Waals surface area contributed by atoms with Crippen LogP contribution in [0.5, 0.6) is 0 Å². The van der Waals surface area contributed by atoms with Gasteiger partial charge in [-0.25, -0.2) is 0 Å². The van der Waals surface area contributed by atoms with Crippen LogP contribution in [0, 0.1) is 6.92 Å². The van der Waals surface area contributed by atoms with Gasteiger partial charge in [0.25, 0.3) is 0 Å². The van der Waals surface area contributed by atoms with E-state index in [1.807, 2.05) is 19.2 Å². The Kier molecular flexibility index (Phi) is 3.37. The van der Waals surface area contributed by atoms with Gasteiger partial charge in [0.2, 0.25) is 0 Å². The van der Waals surface area contributed by atoms with Crippen LogP contribution in [0.25, 0.3) is 0 Å². The summed E-state index contributed by atoms with van der Waals surface area (Å²) in [6.07, 6.45) is 1.18. The first-order valence-corrected chi connectivity index (χ1v) is 6.56. The van der Waals surface area contributed by atoms with E-state index in [4.69, 9.17) is 11.6 Å². The normalized spacial score (nSPS) is 23.1. The second-order valence-corrected chi connectivity index (χ2v) is 5.73. The molecule has 0 aromatic heterocycles. The van der Waals surface area contributed by atoms with Crippen LogP contribution < -0.4 is 10.2 Å². The van der Waals surface area contributed by atoms with Gasteiger partial charge in [-0.2, -0.15) is 0 Å². The molecule has 1 atom stereocenters. The van der Waals surface area contributed by atoms with Crippen LogP contribution in [-0.2, 0) is 0 Å². The highest BCUT2D eigenvalue weighted by molar-refractivity contribution is 6.31. The van der Waals surface area contributed by atoms with Gasteiger partial charge in [-0.05, 0) is 51.9 Å². The average Bonchev–Trinajstić information content (AvgIpc) is 2.57. The molecule has 1 aliphatic heterocycles. The molecule has 1 unspecified atom stereocenters. The SMILES string of the molecule is CNC1CCN(c2cccc(Cl)c2C)C1(C)C. The molecule has 17 heavy (non-hydrogen) atoms. The van der Waals surface area contributed by atoms with E-state index in [9.17, 15) is 0 Å². The Morgan fingerprint density at radius 1 is 1.41 bits per heavy atom. The number of rotatable bonds is 2. The minimum Gasteiger partial charge on any atom is -0.365 e. The topological polar surface area (TPSA) is 15.3 Å². The molecule has 2 rings (SSSR count). The molecule has 0 amide bonds. The molecule has 0 saturated carbocycles. The van der Waals surface area contributed by atoms with Gasteiger partial charge in [0.05, 0.1) is 0 Å². The van der Waals surface area contributed by atoms with Crippen LogP contribution in [0.4, 0.5) is 5.69 Å². The molecule has 0 bridgehead atoms. The Morgan fingerprint density at radius 3 is 2.71 bits per heavy atom. The summed E-state index contributed by atoms with van der Waals surface area (Å²) in [4.78, 5) is 2.47. The number of halogens is 1. The van der Waals surface area contributed by atoms with Crippen molar-refractivity contribution in [1.29, 1.82) is 0 Å². The van der Waals surface area contributed by atoms with Crippen LogP contribution in [0.3, 0.4) is 0 Å². The summed E-state index contributed by atoms with van der Waals surface area (Å²) in [7, 11) is 2.04. The van der Waals surface area contributed by atoms with E-state index in [1.165, 1.54) is 17.7 Å². The molecule has 0 radical (unpaired) electrons. The predicted octanol–water partition coefficient (Wildman–Crippen LogP) is 3.23. The van der Waals surface area contributed by atoms with E-state index in [-0.39, 0.29) is 5.54 Å². The van der Waals surface area contributed by atoms with Crippen molar-refractivity contribution in [3.63, 3.8) is 0 Å². The number of hydrogen-bond acceptors (Lipinski definition) is 2. The quantitative estimate of drug-likeness (QED) is 0.870. The first-order chi connectivity index (χ1) is 7.98. The highest BCUT2D eigenvalue weighted by Gasteiger charge is 2.40. The Hall–Kier alpha value is -0.730. The van der Waals surface area contributed by atoms with E-state index in [2.05, 4.69) is 37.1 Å². The van der Waals surface area contributed by atoms with Crippen molar-refractivity contribution >= 4 is 17.3 Å². The number of nitrogens with zero attached hydrogens (tertiary/aromatic N) is 1. The molecule has 1 aliphatic rings. The van der Waals surface area contributed by atoms with Gasteiger partial charge < -0.3 is 10.2 Å². The zero-order valence-corrected chi connectivity index (χ0v) is 11.8. The maximum atomic E-state index is 6.21. The van der Waals surface area contributed by atoms with Crippen LogP contribution >= 0.6 is 11.6 Å². The fraction of sp³-hybridized carbons (Fsp3) is 0.571. The average molecular weight is 253 g/mol. The van der Waals surface area contributed by atoms with Crippen LogP contribution in [0.15, 0.2) is 18.2 Å². The number of anilines is 1. The Morgan fingerprint density at radius 2 is 2.12 bits per heavy atom.